The maximum atomic E-state index is 11.8. The molecular weight excluding hydrogens is 268 g/mol. The molecule has 1 aromatic rings. The fourth-order valence-electron chi connectivity index (χ4n) is 1.95. The summed E-state index contributed by atoms with van der Waals surface area (Å²) in [5.41, 5.74) is 5.61. The Kier molecular flexibility index (Phi) is 8.31. The van der Waals surface area contributed by atoms with E-state index in [2.05, 4.69) is 24.1 Å². The van der Waals surface area contributed by atoms with E-state index < -0.39 is 0 Å². The van der Waals surface area contributed by atoms with Crippen LogP contribution >= 0.6 is 0 Å². The number of nitrogens with zero attached hydrogens (tertiary/aromatic N) is 2. The number of rotatable bonds is 11. The number of nitrogen functional groups attached to an aromatic ring is 1. The molecule has 1 aromatic heterocycles. The SMILES string of the molecule is CCCCCCCNc1cc(OCCCC)nc(N)[n+]1[O-]. The number of hydrogen-bond acceptors (Lipinski definition) is 5. The highest BCUT2D eigenvalue weighted by Crippen LogP contribution is 2.13. The molecule has 0 aromatic carbocycles. The smallest absolute Gasteiger partial charge is 0.347 e. The first-order chi connectivity index (χ1) is 10.2. The number of nitrogens with two attached hydrogens (primary N) is 1. The molecule has 6 heteroatoms. The van der Waals surface area contributed by atoms with Crippen molar-refractivity contribution >= 4 is 11.8 Å². The van der Waals surface area contributed by atoms with Crippen molar-refractivity contribution in [1.82, 2.24) is 4.98 Å². The highest BCUT2D eigenvalue weighted by atomic mass is 16.5. The van der Waals surface area contributed by atoms with E-state index >= 15 is 0 Å². The lowest BCUT2D eigenvalue weighted by atomic mass is 10.1. The fourth-order valence-corrected chi connectivity index (χ4v) is 1.95. The number of anilines is 2. The van der Waals surface area contributed by atoms with Gasteiger partial charge in [0.05, 0.1) is 12.7 Å². The summed E-state index contributed by atoms with van der Waals surface area (Å²) in [6.07, 6.45) is 7.93. The third-order valence-corrected chi connectivity index (χ3v) is 3.25. The van der Waals surface area contributed by atoms with Crippen molar-refractivity contribution in [2.24, 2.45) is 0 Å². The van der Waals surface area contributed by atoms with E-state index in [0.29, 0.717) is 23.0 Å². The molecule has 0 radical (unpaired) electrons. The Hall–Kier alpha value is -1.72. The predicted octanol–water partition coefficient (Wildman–Crippen LogP) is 2.86. The largest absolute Gasteiger partial charge is 0.754 e. The Balaban J connectivity index is 2.47. The first kappa shape index (κ1) is 17.3. The van der Waals surface area contributed by atoms with Crippen LogP contribution in [0.15, 0.2) is 6.07 Å². The molecular formula is C15H28N4O2. The van der Waals surface area contributed by atoms with Crippen molar-refractivity contribution in [3.8, 4) is 5.88 Å². The quantitative estimate of drug-likeness (QED) is 0.372. The van der Waals surface area contributed by atoms with Crippen LogP contribution < -0.4 is 20.5 Å². The summed E-state index contributed by atoms with van der Waals surface area (Å²) in [6.45, 7) is 5.62. The van der Waals surface area contributed by atoms with Gasteiger partial charge in [-0.2, -0.15) is 0 Å². The normalized spacial score (nSPS) is 10.6. The second-order valence-corrected chi connectivity index (χ2v) is 5.18. The maximum Gasteiger partial charge on any atom is 0.347 e. The Morgan fingerprint density at radius 3 is 2.62 bits per heavy atom. The molecule has 0 saturated carbocycles. The number of ether oxygens (including phenoxy) is 1. The zero-order chi connectivity index (χ0) is 15.5. The fraction of sp³-hybridized carbons (Fsp3) is 0.733. The molecule has 6 nitrogen and oxygen atoms in total. The topological polar surface area (TPSA) is 87.1 Å². The van der Waals surface area contributed by atoms with Crippen molar-refractivity contribution in [2.45, 2.75) is 58.8 Å². The molecule has 0 aliphatic carbocycles. The summed E-state index contributed by atoms with van der Waals surface area (Å²) in [6, 6.07) is 1.62. The molecule has 0 saturated heterocycles. The van der Waals surface area contributed by atoms with Gasteiger partial charge in [0.15, 0.2) is 0 Å². The molecule has 21 heavy (non-hydrogen) atoms. The second kappa shape index (κ2) is 10.1. The third-order valence-electron chi connectivity index (χ3n) is 3.25. The summed E-state index contributed by atoms with van der Waals surface area (Å²) in [5.74, 6) is 0.725. The zero-order valence-corrected chi connectivity index (χ0v) is 13.2. The van der Waals surface area contributed by atoms with Crippen LogP contribution in [0.3, 0.4) is 0 Å². The number of nitrogens with one attached hydrogen (secondary N) is 1. The van der Waals surface area contributed by atoms with E-state index in [9.17, 15) is 5.21 Å². The number of unbranched alkanes of at least 4 members (excludes halogenated alkanes) is 5. The molecule has 1 rings (SSSR count). The van der Waals surface area contributed by atoms with Gasteiger partial charge < -0.3 is 21.0 Å². The van der Waals surface area contributed by atoms with Crippen LogP contribution in [0.25, 0.3) is 0 Å². The van der Waals surface area contributed by atoms with Gasteiger partial charge in [-0.3, -0.25) is 0 Å². The molecule has 0 spiro atoms. The first-order valence-electron chi connectivity index (χ1n) is 7.95. The standard InChI is InChI=1S/C15H28N4O2/c1-3-5-7-8-9-10-17-13-12-14(21-11-6-4-2)18-15(16)19(13)20/h12,17H,3-11H2,1-2H3,(H2,16,18). The van der Waals surface area contributed by atoms with Gasteiger partial charge >= 0.3 is 5.95 Å². The monoisotopic (exact) mass is 296 g/mol. The van der Waals surface area contributed by atoms with Gasteiger partial charge in [-0.25, -0.2) is 4.73 Å². The summed E-state index contributed by atoms with van der Waals surface area (Å²) >= 11 is 0. The molecule has 0 fully saturated rings. The molecule has 0 atom stereocenters. The maximum absolute atomic E-state index is 11.8. The molecule has 0 aliphatic rings. The van der Waals surface area contributed by atoms with Crippen LogP contribution in [0.2, 0.25) is 0 Å². The van der Waals surface area contributed by atoms with Crippen LogP contribution in [0.4, 0.5) is 11.8 Å². The van der Waals surface area contributed by atoms with Crippen LogP contribution in [-0.2, 0) is 0 Å². The Labute approximate surface area is 127 Å². The number of hydrogen-bond donors (Lipinski definition) is 2. The van der Waals surface area contributed by atoms with Crippen LogP contribution in [0, 0.1) is 5.21 Å². The minimum atomic E-state index is -0.0857. The Morgan fingerprint density at radius 2 is 1.90 bits per heavy atom. The molecule has 1 heterocycles. The molecule has 0 bridgehead atoms. The lowest BCUT2D eigenvalue weighted by molar-refractivity contribution is -0.577. The third kappa shape index (κ3) is 6.51. The van der Waals surface area contributed by atoms with Gasteiger partial charge in [-0.1, -0.05) is 50.9 Å². The average Bonchev–Trinajstić information content (AvgIpc) is 2.47. The van der Waals surface area contributed by atoms with E-state index in [0.717, 1.165) is 25.8 Å². The highest BCUT2D eigenvalue weighted by Gasteiger charge is 2.11. The van der Waals surface area contributed by atoms with Gasteiger partial charge in [0.1, 0.15) is 0 Å². The Morgan fingerprint density at radius 1 is 1.19 bits per heavy atom. The summed E-state index contributed by atoms with van der Waals surface area (Å²) in [5, 5.41) is 14.9. The predicted molar refractivity (Wildman–Crippen MR) is 85.3 cm³/mol. The van der Waals surface area contributed by atoms with Gasteiger partial charge in [0, 0.05) is 6.54 Å². The lowest BCUT2D eigenvalue weighted by Crippen LogP contribution is -2.36. The van der Waals surface area contributed by atoms with Crippen molar-refractivity contribution < 1.29 is 9.47 Å². The average molecular weight is 296 g/mol. The number of aromatic nitrogens is 2. The van der Waals surface area contributed by atoms with E-state index in [-0.39, 0.29) is 5.95 Å². The molecule has 0 amide bonds. The van der Waals surface area contributed by atoms with Gasteiger partial charge in [-0.15, -0.1) is 0 Å². The van der Waals surface area contributed by atoms with Crippen LogP contribution in [-0.4, -0.2) is 18.1 Å². The van der Waals surface area contributed by atoms with Crippen LogP contribution in [0.5, 0.6) is 5.88 Å². The summed E-state index contributed by atoms with van der Waals surface area (Å²) in [7, 11) is 0. The Bertz CT molecular complexity index is 413. The highest BCUT2D eigenvalue weighted by molar-refractivity contribution is 5.36. The second-order valence-electron chi connectivity index (χ2n) is 5.18. The summed E-state index contributed by atoms with van der Waals surface area (Å²) < 4.78 is 6.11. The summed E-state index contributed by atoms with van der Waals surface area (Å²) in [4.78, 5) is 3.94. The first-order valence-corrected chi connectivity index (χ1v) is 7.95. The van der Waals surface area contributed by atoms with Crippen molar-refractivity contribution in [2.75, 3.05) is 24.2 Å². The van der Waals surface area contributed by atoms with Crippen LogP contribution in [0.1, 0.15) is 58.8 Å². The van der Waals surface area contributed by atoms with Gasteiger partial charge in [0.25, 0.3) is 5.88 Å². The van der Waals surface area contributed by atoms with Gasteiger partial charge in [-0.05, 0) is 12.8 Å². The minimum Gasteiger partial charge on any atom is -0.754 e. The lowest BCUT2D eigenvalue weighted by Gasteiger charge is -2.14. The van der Waals surface area contributed by atoms with Crippen molar-refractivity contribution in [1.29, 1.82) is 0 Å². The molecule has 120 valence electrons. The molecule has 3 N–H and O–H groups in total. The molecule has 0 unspecified atom stereocenters. The van der Waals surface area contributed by atoms with E-state index in [4.69, 9.17) is 10.5 Å². The van der Waals surface area contributed by atoms with E-state index in [1.54, 1.807) is 6.07 Å². The van der Waals surface area contributed by atoms with Crippen molar-refractivity contribution in [3.63, 3.8) is 0 Å². The van der Waals surface area contributed by atoms with Gasteiger partial charge in [0.2, 0.25) is 5.82 Å². The molecule has 0 aliphatic heterocycles. The minimum absolute atomic E-state index is 0.0857. The zero-order valence-electron chi connectivity index (χ0n) is 13.2. The van der Waals surface area contributed by atoms with Crippen molar-refractivity contribution in [3.05, 3.63) is 11.3 Å². The van der Waals surface area contributed by atoms with E-state index in [1.165, 1.54) is 25.7 Å². The van der Waals surface area contributed by atoms with E-state index in [1.807, 2.05) is 0 Å².